The van der Waals surface area contributed by atoms with E-state index in [9.17, 15) is 24.0 Å². The van der Waals surface area contributed by atoms with E-state index in [2.05, 4.69) is 10.6 Å². The van der Waals surface area contributed by atoms with Crippen molar-refractivity contribution in [3.05, 3.63) is 0 Å². The topological polar surface area (TPSA) is 202 Å². The molecule has 0 spiro atoms. The third kappa shape index (κ3) is 8.65. The lowest BCUT2D eigenvalue weighted by Crippen LogP contribution is -2.56. The van der Waals surface area contributed by atoms with Crippen LogP contribution in [0.1, 0.15) is 33.1 Å². The molecule has 142 valence electrons. The summed E-state index contributed by atoms with van der Waals surface area (Å²) in [4.78, 5) is 56.8. The maximum Gasteiger partial charge on any atom is 0.326 e. The fraction of sp³-hybridized carbons (Fsp3) is 0.643. The van der Waals surface area contributed by atoms with Crippen molar-refractivity contribution in [2.75, 3.05) is 0 Å². The zero-order valence-electron chi connectivity index (χ0n) is 14.0. The Balaban J connectivity index is 5.01. The van der Waals surface area contributed by atoms with Gasteiger partial charge in [-0.3, -0.25) is 19.2 Å². The fourth-order valence-corrected chi connectivity index (χ4v) is 1.87. The molecule has 3 amide bonds. The lowest BCUT2D eigenvalue weighted by atomic mass is 10.0. The van der Waals surface area contributed by atoms with Crippen LogP contribution in [0.3, 0.4) is 0 Å². The van der Waals surface area contributed by atoms with Crippen molar-refractivity contribution >= 4 is 29.7 Å². The molecule has 25 heavy (non-hydrogen) atoms. The number of nitrogens with two attached hydrogens (primary N) is 2. The van der Waals surface area contributed by atoms with E-state index in [1.807, 2.05) is 0 Å². The van der Waals surface area contributed by atoms with Crippen LogP contribution in [0.25, 0.3) is 0 Å². The molecule has 0 aliphatic carbocycles. The molecule has 11 nitrogen and oxygen atoms in total. The van der Waals surface area contributed by atoms with Gasteiger partial charge in [-0.25, -0.2) is 4.79 Å². The molecule has 0 heterocycles. The lowest BCUT2D eigenvalue weighted by molar-refractivity contribution is -0.143. The highest BCUT2D eigenvalue weighted by Gasteiger charge is 2.30. The van der Waals surface area contributed by atoms with Gasteiger partial charge < -0.3 is 32.3 Å². The zero-order chi connectivity index (χ0) is 19.7. The van der Waals surface area contributed by atoms with E-state index in [1.165, 1.54) is 0 Å². The lowest BCUT2D eigenvalue weighted by Gasteiger charge is -2.23. The molecule has 0 aromatic rings. The van der Waals surface area contributed by atoms with Crippen LogP contribution in [0.15, 0.2) is 0 Å². The minimum Gasteiger partial charge on any atom is -0.481 e. The van der Waals surface area contributed by atoms with Crippen molar-refractivity contribution in [1.82, 2.24) is 10.6 Å². The van der Waals surface area contributed by atoms with Crippen LogP contribution in [0.2, 0.25) is 0 Å². The Bertz CT molecular complexity index is 535. The smallest absolute Gasteiger partial charge is 0.326 e. The van der Waals surface area contributed by atoms with Crippen LogP contribution < -0.4 is 22.1 Å². The average Bonchev–Trinajstić information content (AvgIpc) is 2.47. The van der Waals surface area contributed by atoms with Gasteiger partial charge in [0.25, 0.3) is 0 Å². The van der Waals surface area contributed by atoms with Crippen LogP contribution in [-0.4, -0.2) is 58.0 Å². The van der Waals surface area contributed by atoms with Gasteiger partial charge in [-0.05, 0) is 12.3 Å². The summed E-state index contributed by atoms with van der Waals surface area (Å²) >= 11 is 0. The third-order valence-electron chi connectivity index (χ3n) is 3.27. The van der Waals surface area contributed by atoms with Crippen LogP contribution >= 0.6 is 0 Å². The summed E-state index contributed by atoms with van der Waals surface area (Å²) in [5, 5.41) is 22.1. The Morgan fingerprint density at radius 1 is 1.00 bits per heavy atom. The van der Waals surface area contributed by atoms with Crippen LogP contribution in [0.5, 0.6) is 0 Å². The molecule has 3 atom stereocenters. The van der Waals surface area contributed by atoms with Crippen LogP contribution in [0.4, 0.5) is 0 Å². The number of carboxylic acid groups (broad SMARTS) is 2. The van der Waals surface area contributed by atoms with Gasteiger partial charge in [0.1, 0.15) is 12.1 Å². The van der Waals surface area contributed by atoms with Crippen molar-refractivity contribution in [3.63, 3.8) is 0 Å². The first-order valence-electron chi connectivity index (χ1n) is 7.54. The van der Waals surface area contributed by atoms with Crippen molar-refractivity contribution in [1.29, 1.82) is 0 Å². The monoisotopic (exact) mass is 360 g/mol. The summed E-state index contributed by atoms with van der Waals surface area (Å²) in [6.45, 7) is 3.14. The maximum atomic E-state index is 12.2. The molecule has 0 bridgehead atoms. The summed E-state index contributed by atoms with van der Waals surface area (Å²) in [6, 6.07) is -3.85. The quantitative estimate of drug-likeness (QED) is 0.237. The van der Waals surface area contributed by atoms with Crippen LogP contribution in [0, 0.1) is 5.92 Å². The summed E-state index contributed by atoms with van der Waals surface area (Å²) in [6.07, 6.45) is -1.08. The molecule has 0 radical (unpaired) electrons. The molecule has 0 saturated heterocycles. The second-order valence-corrected chi connectivity index (χ2v) is 5.84. The van der Waals surface area contributed by atoms with E-state index < -0.39 is 60.1 Å². The number of hydrogen-bond acceptors (Lipinski definition) is 6. The Labute approximate surface area is 144 Å². The van der Waals surface area contributed by atoms with E-state index >= 15 is 0 Å². The first kappa shape index (κ1) is 22.3. The highest BCUT2D eigenvalue weighted by Crippen LogP contribution is 2.04. The summed E-state index contributed by atoms with van der Waals surface area (Å²) < 4.78 is 0. The van der Waals surface area contributed by atoms with E-state index in [4.69, 9.17) is 21.7 Å². The Kier molecular flexibility index (Phi) is 9.13. The van der Waals surface area contributed by atoms with Gasteiger partial charge in [0, 0.05) is 6.42 Å². The molecule has 0 saturated carbocycles. The number of amides is 3. The normalized spacial score (nSPS) is 14.2. The molecule has 0 aromatic carbocycles. The number of carboxylic acids is 2. The zero-order valence-corrected chi connectivity index (χ0v) is 14.0. The largest absolute Gasteiger partial charge is 0.481 e. The number of carbonyl (C=O) groups is 5. The number of carbonyl (C=O) groups excluding carboxylic acids is 3. The van der Waals surface area contributed by atoms with Crippen molar-refractivity contribution in [2.24, 2.45) is 17.4 Å². The van der Waals surface area contributed by atoms with Gasteiger partial charge in [-0.2, -0.15) is 0 Å². The van der Waals surface area contributed by atoms with Gasteiger partial charge >= 0.3 is 11.9 Å². The second-order valence-electron chi connectivity index (χ2n) is 5.84. The van der Waals surface area contributed by atoms with E-state index in [0.29, 0.717) is 0 Å². The van der Waals surface area contributed by atoms with E-state index in [0.717, 1.165) is 0 Å². The second kappa shape index (κ2) is 10.2. The van der Waals surface area contributed by atoms with Gasteiger partial charge in [0.05, 0.1) is 12.5 Å². The molecular weight excluding hydrogens is 336 g/mol. The minimum atomic E-state index is -1.42. The van der Waals surface area contributed by atoms with Crippen molar-refractivity contribution in [2.45, 2.75) is 51.2 Å². The molecule has 0 fully saturated rings. The highest BCUT2D eigenvalue weighted by molar-refractivity contribution is 5.94. The maximum absolute atomic E-state index is 12.2. The molecule has 0 rings (SSSR count). The number of nitrogens with one attached hydrogen (secondary N) is 2. The number of rotatable bonds is 11. The predicted octanol–water partition coefficient (Wildman–Crippen LogP) is -2.24. The van der Waals surface area contributed by atoms with Gasteiger partial charge in [0.2, 0.25) is 17.7 Å². The van der Waals surface area contributed by atoms with Gasteiger partial charge in [-0.15, -0.1) is 0 Å². The molecule has 3 unspecified atom stereocenters. The Hall–Kier alpha value is -2.69. The standard InChI is InChI=1S/C14H24N4O7/c1-6(2)11(14(24)25)18-13(23)8(5-9(16)19)17-12(22)7(15)3-4-10(20)21/h6-8,11H,3-5,15H2,1-2H3,(H2,16,19)(H,17,22)(H,18,23)(H,20,21)(H,24,25). The summed E-state index contributed by atoms with van der Waals surface area (Å²) in [5.74, 6) is -5.50. The fourth-order valence-electron chi connectivity index (χ4n) is 1.87. The van der Waals surface area contributed by atoms with Crippen LogP contribution in [-0.2, 0) is 24.0 Å². The third-order valence-corrected chi connectivity index (χ3v) is 3.27. The van der Waals surface area contributed by atoms with E-state index in [1.54, 1.807) is 13.8 Å². The minimum absolute atomic E-state index is 0.171. The molecule has 0 aliphatic rings. The predicted molar refractivity (Wildman–Crippen MR) is 85.0 cm³/mol. The SMILES string of the molecule is CC(C)C(NC(=O)C(CC(N)=O)NC(=O)C(N)CCC(=O)O)C(=O)O. The highest BCUT2D eigenvalue weighted by atomic mass is 16.4. The van der Waals surface area contributed by atoms with Crippen molar-refractivity contribution in [3.8, 4) is 0 Å². The molecular formula is C14H24N4O7. The number of aliphatic carboxylic acids is 2. The first-order valence-corrected chi connectivity index (χ1v) is 7.54. The molecule has 11 heteroatoms. The molecule has 0 aromatic heterocycles. The Morgan fingerprint density at radius 3 is 1.96 bits per heavy atom. The summed E-state index contributed by atoms with van der Waals surface area (Å²) in [7, 11) is 0. The number of primary amides is 1. The molecule has 0 aliphatic heterocycles. The van der Waals surface area contributed by atoms with E-state index in [-0.39, 0.29) is 12.8 Å². The van der Waals surface area contributed by atoms with Gasteiger partial charge in [-0.1, -0.05) is 13.8 Å². The average molecular weight is 360 g/mol. The van der Waals surface area contributed by atoms with Crippen molar-refractivity contribution < 1.29 is 34.2 Å². The Morgan fingerprint density at radius 2 is 1.56 bits per heavy atom. The van der Waals surface area contributed by atoms with Gasteiger partial charge in [0.15, 0.2) is 0 Å². The first-order chi connectivity index (χ1) is 11.5. The summed E-state index contributed by atoms with van der Waals surface area (Å²) in [5.41, 5.74) is 10.6. The number of hydrogen-bond donors (Lipinski definition) is 6. The molecule has 8 N–H and O–H groups in total.